The average molecular weight is 344 g/mol. The number of aromatic nitrogens is 2. The molecule has 1 N–H and O–H groups in total. The number of aryl methyl sites for hydroxylation is 1. The van der Waals surface area contributed by atoms with Crippen molar-refractivity contribution in [2.24, 2.45) is 0 Å². The van der Waals surface area contributed by atoms with E-state index in [2.05, 4.69) is 16.5 Å². The highest BCUT2D eigenvalue weighted by atomic mass is 16.1. The summed E-state index contributed by atoms with van der Waals surface area (Å²) in [7, 11) is 0. The van der Waals surface area contributed by atoms with Gasteiger partial charge in [0.1, 0.15) is 5.82 Å². The van der Waals surface area contributed by atoms with Gasteiger partial charge in [0.25, 0.3) is 5.91 Å². The lowest BCUT2D eigenvalue weighted by Crippen LogP contribution is -2.16. The van der Waals surface area contributed by atoms with Crippen LogP contribution in [-0.4, -0.2) is 21.5 Å². The molecule has 1 aromatic heterocycles. The van der Waals surface area contributed by atoms with Crippen LogP contribution in [0.25, 0.3) is 5.69 Å². The minimum absolute atomic E-state index is 0.0835. The van der Waals surface area contributed by atoms with Gasteiger partial charge in [0.05, 0.1) is 23.5 Å². The van der Waals surface area contributed by atoms with Crippen molar-refractivity contribution in [3.8, 4) is 11.8 Å². The van der Waals surface area contributed by atoms with Crippen LogP contribution in [0.15, 0.2) is 54.7 Å². The molecule has 0 unspecified atom stereocenters. The van der Waals surface area contributed by atoms with Crippen LogP contribution in [0.1, 0.15) is 38.8 Å². The van der Waals surface area contributed by atoms with Gasteiger partial charge in [-0.25, -0.2) is 4.68 Å². The summed E-state index contributed by atoms with van der Waals surface area (Å²) >= 11 is 0. The maximum absolute atomic E-state index is 12.6. The summed E-state index contributed by atoms with van der Waals surface area (Å²) in [5.74, 6) is 0.0762. The van der Waals surface area contributed by atoms with Gasteiger partial charge in [-0.1, -0.05) is 6.07 Å². The second kappa shape index (κ2) is 7.03. The number of Topliss-reactive ketones (excluding diaryl/α,β-unsaturated/α-hetero) is 1. The quantitative estimate of drug-likeness (QED) is 0.734. The number of hydrogen-bond acceptors (Lipinski definition) is 4. The Morgan fingerprint density at radius 1 is 1.12 bits per heavy atom. The van der Waals surface area contributed by atoms with Crippen LogP contribution in [-0.2, 0) is 0 Å². The van der Waals surface area contributed by atoms with Gasteiger partial charge in [-0.3, -0.25) is 9.59 Å². The molecule has 0 saturated heterocycles. The van der Waals surface area contributed by atoms with Gasteiger partial charge >= 0.3 is 0 Å². The molecule has 0 atom stereocenters. The molecule has 0 spiro atoms. The van der Waals surface area contributed by atoms with Crippen molar-refractivity contribution >= 4 is 17.5 Å². The van der Waals surface area contributed by atoms with E-state index in [1.807, 2.05) is 6.92 Å². The summed E-state index contributed by atoms with van der Waals surface area (Å²) in [6.07, 6.45) is 1.57. The Morgan fingerprint density at radius 3 is 2.50 bits per heavy atom. The summed E-state index contributed by atoms with van der Waals surface area (Å²) in [5.41, 5.74) is 3.02. The van der Waals surface area contributed by atoms with E-state index in [0.29, 0.717) is 22.5 Å². The summed E-state index contributed by atoms with van der Waals surface area (Å²) in [4.78, 5) is 24.3. The molecule has 0 aliphatic heterocycles. The summed E-state index contributed by atoms with van der Waals surface area (Å²) in [5, 5.41) is 15.9. The first kappa shape index (κ1) is 17.1. The fourth-order valence-electron chi connectivity index (χ4n) is 2.61. The Morgan fingerprint density at radius 2 is 1.85 bits per heavy atom. The van der Waals surface area contributed by atoms with Crippen LogP contribution in [0, 0.1) is 18.3 Å². The van der Waals surface area contributed by atoms with Crippen LogP contribution < -0.4 is 5.32 Å². The third kappa shape index (κ3) is 3.37. The fraction of sp³-hybridized carbons (Fsp3) is 0.100. The molecule has 0 fully saturated rings. The largest absolute Gasteiger partial charge is 0.306 e. The van der Waals surface area contributed by atoms with Crippen molar-refractivity contribution in [1.29, 1.82) is 5.26 Å². The van der Waals surface area contributed by atoms with Gasteiger partial charge in [0.15, 0.2) is 5.78 Å². The molecule has 0 radical (unpaired) electrons. The van der Waals surface area contributed by atoms with E-state index >= 15 is 0 Å². The summed E-state index contributed by atoms with van der Waals surface area (Å²) in [6, 6.07) is 15.6. The topological polar surface area (TPSA) is 87.8 Å². The Balaban J connectivity index is 1.87. The summed E-state index contributed by atoms with van der Waals surface area (Å²) < 4.78 is 1.57. The SMILES string of the molecule is CC(=O)c1cc(C(=O)Nc2ccnn2-c2ccc(C#N)cc2)ccc1C. The monoisotopic (exact) mass is 344 g/mol. The zero-order valence-corrected chi connectivity index (χ0v) is 14.4. The predicted octanol–water partition coefficient (Wildman–Crippen LogP) is 3.51. The van der Waals surface area contributed by atoms with E-state index in [1.165, 1.54) is 6.92 Å². The van der Waals surface area contributed by atoms with E-state index in [0.717, 1.165) is 11.3 Å². The number of hydrogen-bond donors (Lipinski definition) is 1. The Labute approximate surface area is 150 Å². The smallest absolute Gasteiger partial charge is 0.256 e. The average Bonchev–Trinajstić information content (AvgIpc) is 3.10. The summed E-state index contributed by atoms with van der Waals surface area (Å²) in [6.45, 7) is 3.31. The molecule has 1 heterocycles. The predicted molar refractivity (Wildman–Crippen MR) is 97.4 cm³/mol. The molecule has 0 aliphatic carbocycles. The Hall–Kier alpha value is -3.72. The minimum Gasteiger partial charge on any atom is -0.306 e. The molecule has 2 aromatic carbocycles. The number of benzene rings is 2. The van der Waals surface area contributed by atoms with Crippen molar-refractivity contribution in [2.75, 3.05) is 5.32 Å². The number of rotatable bonds is 4. The molecule has 0 aliphatic rings. The number of nitriles is 1. The van der Waals surface area contributed by atoms with Gasteiger partial charge < -0.3 is 5.32 Å². The second-order valence-electron chi connectivity index (χ2n) is 5.83. The first-order valence-corrected chi connectivity index (χ1v) is 7.97. The molecular weight excluding hydrogens is 328 g/mol. The van der Waals surface area contributed by atoms with Crippen LogP contribution in [0.5, 0.6) is 0 Å². The number of carbonyl (C=O) groups excluding carboxylic acids is 2. The van der Waals surface area contributed by atoms with E-state index in [4.69, 9.17) is 5.26 Å². The molecule has 1 amide bonds. The van der Waals surface area contributed by atoms with E-state index < -0.39 is 0 Å². The van der Waals surface area contributed by atoms with Crippen molar-refractivity contribution in [2.45, 2.75) is 13.8 Å². The first-order chi connectivity index (χ1) is 12.5. The van der Waals surface area contributed by atoms with E-state index in [1.54, 1.807) is 59.4 Å². The number of ketones is 1. The molecule has 0 bridgehead atoms. The van der Waals surface area contributed by atoms with Crippen LogP contribution in [0.2, 0.25) is 0 Å². The molecule has 6 heteroatoms. The highest BCUT2D eigenvalue weighted by Gasteiger charge is 2.13. The van der Waals surface area contributed by atoms with E-state index in [9.17, 15) is 9.59 Å². The second-order valence-corrected chi connectivity index (χ2v) is 5.83. The van der Waals surface area contributed by atoms with Gasteiger partial charge in [0.2, 0.25) is 0 Å². The maximum Gasteiger partial charge on any atom is 0.256 e. The van der Waals surface area contributed by atoms with Gasteiger partial charge in [-0.15, -0.1) is 0 Å². The van der Waals surface area contributed by atoms with Crippen LogP contribution in [0.3, 0.4) is 0 Å². The number of amides is 1. The molecule has 0 saturated carbocycles. The van der Waals surface area contributed by atoms with Crippen molar-refractivity contribution in [1.82, 2.24) is 9.78 Å². The third-order valence-corrected chi connectivity index (χ3v) is 4.00. The zero-order valence-electron chi connectivity index (χ0n) is 14.4. The highest BCUT2D eigenvalue weighted by Crippen LogP contribution is 2.18. The standard InChI is InChI=1S/C20H16N4O2/c1-13-3-6-16(11-18(13)14(2)25)20(26)23-19-9-10-22-24(19)17-7-4-15(12-21)5-8-17/h3-11H,1-2H3,(H,23,26). The maximum atomic E-state index is 12.6. The number of nitrogens with one attached hydrogen (secondary N) is 1. The minimum atomic E-state index is -0.331. The van der Waals surface area contributed by atoms with Gasteiger partial charge in [-0.2, -0.15) is 10.4 Å². The molecule has 3 aromatic rings. The number of nitrogens with zero attached hydrogens (tertiary/aromatic N) is 3. The lowest BCUT2D eigenvalue weighted by atomic mass is 10.0. The van der Waals surface area contributed by atoms with Crippen molar-refractivity contribution in [3.05, 3.63) is 77.0 Å². The molecule has 6 nitrogen and oxygen atoms in total. The molecular formula is C20H16N4O2. The van der Waals surface area contributed by atoms with Gasteiger partial charge in [-0.05, 0) is 55.8 Å². The number of anilines is 1. The highest BCUT2D eigenvalue weighted by molar-refractivity contribution is 6.06. The molecule has 26 heavy (non-hydrogen) atoms. The molecule has 3 rings (SSSR count). The van der Waals surface area contributed by atoms with Crippen molar-refractivity contribution < 1.29 is 9.59 Å². The van der Waals surface area contributed by atoms with Crippen LogP contribution >= 0.6 is 0 Å². The van der Waals surface area contributed by atoms with Gasteiger partial charge in [0, 0.05) is 17.2 Å². The normalized spacial score (nSPS) is 10.2. The third-order valence-electron chi connectivity index (χ3n) is 4.00. The first-order valence-electron chi connectivity index (χ1n) is 7.97. The fourth-order valence-corrected chi connectivity index (χ4v) is 2.61. The zero-order chi connectivity index (χ0) is 18.7. The lowest BCUT2D eigenvalue weighted by molar-refractivity contribution is 0.101. The lowest BCUT2D eigenvalue weighted by Gasteiger charge is -2.10. The van der Waals surface area contributed by atoms with E-state index in [-0.39, 0.29) is 11.7 Å². The Kier molecular flexibility index (Phi) is 4.63. The number of carbonyl (C=O) groups is 2. The van der Waals surface area contributed by atoms with Crippen molar-refractivity contribution in [3.63, 3.8) is 0 Å². The van der Waals surface area contributed by atoms with Crippen LogP contribution in [0.4, 0.5) is 5.82 Å². The molecule has 128 valence electrons. The Bertz CT molecular complexity index is 1030.